The second-order valence-electron chi connectivity index (χ2n) is 9.23. The molecule has 0 atom stereocenters. The summed E-state index contributed by atoms with van der Waals surface area (Å²) in [6.07, 6.45) is 2.47. The van der Waals surface area contributed by atoms with Gasteiger partial charge in [-0.15, -0.1) is 0 Å². The number of benzene rings is 3. The minimum Gasteiger partial charge on any atom is -0.469 e. The second-order valence-corrected chi connectivity index (χ2v) is 9.23. The number of fused-ring (bicyclic) bond motifs is 1. The molecule has 1 aliphatic heterocycles. The summed E-state index contributed by atoms with van der Waals surface area (Å²) in [4.78, 5) is 24.6. The van der Waals surface area contributed by atoms with Crippen LogP contribution in [0.2, 0.25) is 0 Å². The van der Waals surface area contributed by atoms with Gasteiger partial charge in [-0.3, -0.25) is 9.59 Å². The number of methoxy groups -OCH3 is 1. The van der Waals surface area contributed by atoms with E-state index in [-0.39, 0.29) is 18.3 Å². The van der Waals surface area contributed by atoms with Gasteiger partial charge in [0, 0.05) is 23.2 Å². The SMILES string of the molecule is CCC(N)(CC)c1ccc(N/C(=C2\C(=O)Nc3cc(F)ccc32)c2ccc(CCC(=O)OC)cc2)cc1. The zero-order chi connectivity index (χ0) is 26.6. The molecule has 0 fully saturated rings. The number of hydrogen-bond acceptors (Lipinski definition) is 5. The van der Waals surface area contributed by atoms with Crippen LogP contribution < -0.4 is 16.4 Å². The molecule has 0 aliphatic carbocycles. The molecular formula is C30H32FN3O3. The molecule has 0 saturated carbocycles. The van der Waals surface area contributed by atoms with Gasteiger partial charge in [0.05, 0.1) is 24.1 Å². The normalized spacial score (nSPS) is 14.1. The molecule has 0 radical (unpaired) electrons. The molecule has 0 bridgehead atoms. The van der Waals surface area contributed by atoms with Crippen LogP contribution in [0.25, 0.3) is 11.3 Å². The highest BCUT2D eigenvalue weighted by atomic mass is 19.1. The first-order valence-corrected chi connectivity index (χ1v) is 12.5. The van der Waals surface area contributed by atoms with E-state index in [2.05, 4.69) is 24.5 Å². The quantitative estimate of drug-likeness (QED) is 0.253. The number of rotatable bonds is 9. The van der Waals surface area contributed by atoms with Crippen molar-refractivity contribution in [3.8, 4) is 0 Å². The van der Waals surface area contributed by atoms with Crippen molar-refractivity contribution < 1.29 is 18.7 Å². The van der Waals surface area contributed by atoms with Crippen molar-refractivity contribution >= 4 is 34.5 Å². The molecule has 4 rings (SSSR count). The van der Waals surface area contributed by atoms with E-state index in [0.29, 0.717) is 28.9 Å². The van der Waals surface area contributed by atoms with Gasteiger partial charge in [0.25, 0.3) is 5.91 Å². The summed E-state index contributed by atoms with van der Waals surface area (Å²) in [5.74, 6) is -0.999. The van der Waals surface area contributed by atoms with Gasteiger partial charge < -0.3 is 21.1 Å². The van der Waals surface area contributed by atoms with E-state index in [1.807, 2.05) is 48.5 Å². The highest BCUT2D eigenvalue weighted by molar-refractivity contribution is 6.37. The van der Waals surface area contributed by atoms with Crippen molar-refractivity contribution in [2.24, 2.45) is 5.73 Å². The Kier molecular flexibility index (Phi) is 7.74. The van der Waals surface area contributed by atoms with Gasteiger partial charge in [0.15, 0.2) is 0 Å². The predicted molar refractivity (Wildman–Crippen MR) is 145 cm³/mol. The third-order valence-corrected chi connectivity index (χ3v) is 7.06. The fraction of sp³-hybridized carbons (Fsp3) is 0.267. The molecular weight excluding hydrogens is 469 g/mol. The van der Waals surface area contributed by atoms with Crippen LogP contribution in [-0.2, 0) is 26.3 Å². The van der Waals surface area contributed by atoms with E-state index in [1.54, 1.807) is 6.07 Å². The molecule has 0 unspecified atom stereocenters. The van der Waals surface area contributed by atoms with E-state index in [4.69, 9.17) is 10.5 Å². The molecule has 6 nitrogen and oxygen atoms in total. The first kappa shape index (κ1) is 26.1. The maximum Gasteiger partial charge on any atom is 0.305 e. The molecule has 4 N–H and O–H groups in total. The van der Waals surface area contributed by atoms with Crippen molar-refractivity contribution in [1.82, 2.24) is 0 Å². The highest BCUT2D eigenvalue weighted by Crippen LogP contribution is 2.38. The van der Waals surface area contributed by atoms with Crippen LogP contribution in [0.3, 0.4) is 0 Å². The van der Waals surface area contributed by atoms with Crippen LogP contribution in [-0.4, -0.2) is 19.0 Å². The Labute approximate surface area is 216 Å². The Balaban J connectivity index is 1.74. The minimum atomic E-state index is -0.419. The van der Waals surface area contributed by atoms with Crippen molar-refractivity contribution in [1.29, 1.82) is 0 Å². The lowest BCUT2D eigenvalue weighted by Crippen LogP contribution is -2.34. The predicted octanol–water partition coefficient (Wildman–Crippen LogP) is 5.84. The number of amides is 1. The van der Waals surface area contributed by atoms with E-state index in [9.17, 15) is 14.0 Å². The minimum absolute atomic E-state index is 0.267. The second kappa shape index (κ2) is 11.0. The molecule has 7 heteroatoms. The molecule has 3 aromatic rings. The molecule has 1 heterocycles. The van der Waals surface area contributed by atoms with Crippen LogP contribution in [0.5, 0.6) is 0 Å². The summed E-state index contributed by atoms with van der Waals surface area (Å²) in [7, 11) is 1.37. The van der Waals surface area contributed by atoms with Crippen molar-refractivity contribution in [2.75, 3.05) is 17.7 Å². The molecule has 192 valence electrons. The summed E-state index contributed by atoms with van der Waals surface area (Å²) < 4.78 is 18.6. The fourth-order valence-electron chi connectivity index (χ4n) is 4.55. The Bertz CT molecular complexity index is 1330. The van der Waals surface area contributed by atoms with Gasteiger partial charge in [-0.05, 0) is 66.3 Å². The Morgan fingerprint density at radius 2 is 1.70 bits per heavy atom. The number of nitrogens with one attached hydrogen (secondary N) is 2. The van der Waals surface area contributed by atoms with Gasteiger partial charge >= 0.3 is 5.97 Å². The van der Waals surface area contributed by atoms with Gasteiger partial charge in [-0.2, -0.15) is 0 Å². The summed E-state index contributed by atoms with van der Waals surface area (Å²) in [5.41, 5.74) is 11.8. The number of anilines is 2. The summed E-state index contributed by atoms with van der Waals surface area (Å²) in [6, 6.07) is 19.8. The van der Waals surface area contributed by atoms with Gasteiger partial charge in [-0.1, -0.05) is 50.2 Å². The summed E-state index contributed by atoms with van der Waals surface area (Å²) in [5, 5.41) is 6.20. The molecule has 0 spiro atoms. The summed E-state index contributed by atoms with van der Waals surface area (Å²) >= 11 is 0. The molecule has 0 saturated heterocycles. The van der Waals surface area contributed by atoms with E-state index in [1.165, 1.54) is 19.2 Å². The third kappa shape index (κ3) is 5.57. The maximum atomic E-state index is 13.9. The first-order valence-electron chi connectivity index (χ1n) is 12.5. The van der Waals surface area contributed by atoms with Crippen LogP contribution in [0.15, 0.2) is 66.7 Å². The van der Waals surface area contributed by atoms with Crippen molar-refractivity contribution in [3.63, 3.8) is 0 Å². The molecule has 0 aromatic heterocycles. The lowest BCUT2D eigenvalue weighted by atomic mass is 9.86. The average molecular weight is 502 g/mol. The van der Waals surface area contributed by atoms with E-state index >= 15 is 0 Å². The van der Waals surface area contributed by atoms with Crippen LogP contribution in [0.4, 0.5) is 15.8 Å². The lowest BCUT2D eigenvalue weighted by molar-refractivity contribution is -0.140. The zero-order valence-electron chi connectivity index (χ0n) is 21.4. The standard InChI is InChI=1S/C30H32FN3O3/c1-4-30(32,5-2)21-11-14-23(15-12-21)33-28(20-9-6-19(7-10-20)8-17-26(35)37-3)27-24-16-13-22(31)18-25(24)34-29(27)36/h6-7,9-16,18,33H,4-5,8,17,32H2,1-3H3,(H,34,36)/b28-27-. The van der Waals surface area contributed by atoms with Crippen LogP contribution in [0, 0.1) is 5.82 Å². The molecule has 3 aromatic carbocycles. The van der Waals surface area contributed by atoms with Crippen LogP contribution in [0.1, 0.15) is 55.4 Å². The van der Waals surface area contributed by atoms with E-state index < -0.39 is 11.4 Å². The number of nitrogens with two attached hydrogens (primary N) is 1. The van der Waals surface area contributed by atoms with Crippen molar-refractivity contribution in [2.45, 2.75) is 45.1 Å². The largest absolute Gasteiger partial charge is 0.469 e. The number of hydrogen-bond donors (Lipinski definition) is 3. The fourth-order valence-corrected chi connectivity index (χ4v) is 4.55. The van der Waals surface area contributed by atoms with Gasteiger partial charge in [-0.25, -0.2) is 4.39 Å². The topological polar surface area (TPSA) is 93.5 Å². The first-order chi connectivity index (χ1) is 17.8. The number of halogens is 1. The Morgan fingerprint density at radius 3 is 2.32 bits per heavy atom. The monoisotopic (exact) mass is 501 g/mol. The number of carbonyl (C=O) groups excluding carboxylic acids is 2. The summed E-state index contributed by atoms with van der Waals surface area (Å²) in [6.45, 7) is 4.15. The molecule has 1 amide bonds. The number of carbonyl (C=O) groups is 2. The van der Waals surface area contributed by atoms with Gasteiger partial charge in [0.2, 0.25) is 0 Å². The Morgan fingerprint density at radius 1 is 1.03 bits per heavy atom. The maximum absolute atomic E-state index is 13.9. The highest BCUT2D eigenvalue weighted by Gasteiger charge is 2.29. The molecule has 1 aliphatic rings. The number of esters is 1. The number of aryl methyl sites for hydroxylation is 1. The van der Waals surface area contributed by atoms with Crippen LogP contribution >= 0.6 is 0 Å². The number of ether oxygens (including phenoxy) is 1. The van der Waals surface area contributed by atoms with Gasteiger partial charge in [0.1, 0.15) is 5.82 Å². The molecule has 37 heavy (non-hydrogen) atoms. The zero-order valence-corrected chi connectivity index (χ0v) is 21.4. The lowest BCUT2D eigenvalue weighted by Gasteiger charge is -2.27. The van der Waals surface area contributed by atoms with E-state index in [0.717, 1.165) is 35.2 Å². The Hall–Kier alpha value is -3.97. The smallest absolute Gasteiger partial charge is 0.305 e. The third-order valence-electron chi connectivity index (χ3n) is 7.06. The average Bonchev–Trinajstić information content (AvgIpc) is 3.24. The van der Waals surface area contributed by atoms with Crippen molar-refractivity contribution in [3.05, 3.63) is 94.8 Å².